The van der Waals surface area contributed by atoms with Gasteiger partial charge in [0.15, 0.2) is 0 Å². The number of ether oxygens (including phenoxy) is 3. The molecule has 0 aliphatic carbocycles. The van der Waals surface area contributed by atoms with Gasteiger partial charge >= 0.3 is 0 Å². The van der Waals surface area contributed by atoms with Crippen LogP contribution in [0.1, 0.15) is 13.8 Å². The van der Waals surface area contributed by atoms with Gasteiger partial charge in [0.1, 0.15) is 0 Å². The third kappa shape index (κ3) is 8.18. The van der Waals surface area contributed by atoms with E-state index in [0.717, 1.165) is 0 Å². The number of hydrogen-bond donors (Lipinski definition) is 1. The van der Waals surface area contributed by atoms with Crippen LogP contribution in [0, 0.1) is 0 Å². The van der Waals surface area contributed by atoms with Crippen LogP contribution in [0.25, 0.3) is 0 Å². The van der Waals surface area contributed by atoms with Gasteiger partial charge in [0.25, 0.3) is 0 Å². The average Bonchev–Trinajstić information content (AvgIpc) is 2.10. The highest BCUT2D eigenvalue weighted by molar-refractivity contribution is 4.56. The molecular formula is C9H21NO3. The molecule has 0 bridgehead atoms. The summed E-state index contributed by atoms with van der Waals surface area (Å²) >= 11 is 0. The topological polar surface area (TPSA) is 53.7 Å². The SMILES string of the molecule is COCC(CN)OCCOC(C)C. The van der Waals surface area contributed by atoms with Crippen LogP contribution in [0.2, 0.25) is 0 Å². The Balaban J connectivity index is 3.27. The second kappa shape index (κ2) is 8.44. The lowest BCUT2D eigenvalue weighted by atomic mass is 10.4. The van der Waals surface area contributed by atoms with Crippen LogP contribution in [0.4, 0.5) is 0 Å². The molecule has 0 fully saturated rings. The molecule has 0 aliphatic rings. The quantitative estimate of drug-likeness (QED) is 0.564. The summed E-state index contributed by atoms with van der Waals surface area (Å²) in [6.45, 7) is 6.19. The summed E-state index contributed by atoms with van der Waals surface area (Å²) < 4.78 is 15.6. The summed E-state index contributed by atoms with van der Waals surface area (Å²) in [6, 6.07) is 0. The lowest BCUT2D eigenvalue weighted by molar-refractivity contribution is -0.0344. The van der Waals surface area contributed by atoms with E-state index in [4.69, 9.17) is 19.9 Å². The molecule has 0 saturated heterocycles. The molecule has 0 radical (unpaired) electrons. The molecule has 80 valence electrons. The van der Waals surface area contributed by atoms with Gasteiger partial charge in [-0.3, -0.25) is 0 Å². The fourth-order valence-corrected chi connectivity index (χ4v) is 0.869. The largest absolute Gasteiger partial charge is 0.382 e. The summed E-state index contributed by atoms with van der Waals surface area (Å²) in [5.41, 5.74) is 5.46. The van der Waals surface area contributed by atoms with Gasteiger partial charge < -0.3 is 19.9 Å². The molecule has 0 rings (SSSR count). The minimum absolute atomic E-state index is 0.0132. The Bertz CT molecular complexity index is 109. The highest BCUT2D eigenvalue weighted by Crippen LogP contribution is 1.92. The lowest BCUT2D eigenvalue weighted by Gasteiger charge is -2.15. The molecular weight excluding hydrogens is 170 g/mol. The fourth-order valence-electron chi connectivity index (χ4n) is 0.869. The van der Waals surface area contributed by atoms with Gasteiger partial charge in [-0.1, -0.05) is 0 Å². The molecule has 1 atom stereocenters. The number of rotatable bonds is 8. The average molecular weight is 191 g/mol. The zero-order valence-corrected chi connectivity index (χ0v) is 8.79. The highest BCUT2D eigenvalue weighted by Gasteiger charge is 2.05. The molecule has 0 amide bonds. The Labute approximate surface area is 80.3 Å². The van der Waals surface area contributed by atoms with E-state index in [1.165, 1.54) is 0 Å². The Hall–Kier alpha value is -0.160. The Morgan fingerprint density at radius 2 is 1.77 bits per heavy atom. The molecule has 0 heterocycles. The number of hydrogen-bond acceptors (Lipinski definition) is 4. The van der Waals surface area contributed by atoms with E-state index in [-0.39, 0.29) is 12.2 Å². The van der Waals surface area contributed by atoms with Crippen LogP contribution in [0.3, 0.4) is 0 Å². The molecule has 0 aliphatic heterocycles. The highest BCUT2D eigenvalue weighted by atomic mass is 16.5. The predicted molar refractivity (Wildman–Crippen MR) is 51.8 cm³/mol. The summed E-state index contributed by atoms with van der Waals surface area (Å²) in [7, 11) is 1.64. The van der Waals surface area contributed by atoms with Gasteiger partial charge in [-0.25, -0.2) is 0 Å². The third-order valence-corrected chi connectivity index (χ3v) is 1.50. The van der Waals surface area contributed by atoms with Gasteiger partial charge in [0.2, 0.25) is 0 Å². The standard InChI is InChI=1S/C9H21NO3/c1-8(2)12-4-5-13-9(6-10)7-11-3/h8-9H,4-7,10H2,1-3H3. The zero-order valence-electron chi connectivity index (χ0n) is 8.79. The van der Waals surface area contributed by atoms with Gasteiger partial charge in [0, 0.05) is 13.7 Å². The maximum Gasteiger partial charge on any atom is 0.0931 e. The van der Waals surface area contributed by atoms with Crippen molar-refractivity contribution >= 4 is 0 Å². The van der Waals surface area contributed by atoms with Crippen LogP contribution in [-0.4, -0.2) is 45.7 Å². The first-order chi connectivity index (χ1) is 6.20. The van der Waals surface area contributed by atoms with E-state index < -0.39 is 0 Å². The van der Waals surface area contributed by atoms with Crippen molar-refractivity contribution in [3.63, 3.8) is 0 Å². The minimum Gasteiger partial charge on any atom is -0.382 e. The second-order valence-electron chi connectivity index (χ2n) is 3.10. The summed E-state index contributed by atoms with van der Waals surface area (Å²) in [5.74, 6) is 0. The molecule has 0 aromatic heterocycles. The van der Waals surface area contributed by atoms with Crippen molar-refractivity contribution in [3.8, 4) is 0 Å². The van der Waals surface area contributed by atoms with E-state index >= 15 is 0 Å². The number of nitrogens with two attached hydrogens (primary N) is 1. The van der Waals surface area contributed by atoms with Crippen LogP contribution >= 0.6 is 0 Å². The molecule has 0 aromatic rings. The molecule has 0 aromatic carbocycles. The Morgan fingerprint density at radius 1 is 1.15 bits per heavy atom. The zero-order chi connectivity index (χ0) is 10.1. The smallest absolute Gasteiger partial charge is 0.0931 e. The van der Waals surface area contributed by atoms with Crippen molar-refractivity contribution in [2.24, 2.45) is 5.73 Å². The molecule has 0 saturated carbocycles. The van der Waals surface area contributed by atoms with Crippen LogP contribution in [0.5, 0.6) is 0 Å². The van der Waals surface area contributed by atoms with Crippen LogP contribution in [-0.2, 0) is 14.2 Å². The molecule has 2 N–H and O–H groups in total. The van der Waals surface area contributed by atoms with Crippen molar-refractivity contribution < 1.29 is 14.2 Å². The summed E-state index contributed by atoms with van der Waals surface area (Å²) in [4.78, 5) is 0. The first-order valence-electron chi connectivity index (χ1n) is 4.63. The Morgan fingerprint density at radius 3 is 2.23 bits per heavy atom. The Kier molecular flexibility index (Phi) is 8.33. The van der Waals surface area contributed by atoms with Crippen LogP contribution < -0.4 is 5.73 Å². The predicted octanol–water partition coefficient (Wildman–Crippen LogP) is 0.402. The van der Waals surface area contributed by atoms with Gasteiger partial charge in [0.05, 0.1) is 32.0 Å². The minimum atomic E-state index is -0.0132. The van der Waals surface area contributed by atoms with E-state index in [1.54, 1.807) is 7.11 Å². The van der Waals surface area contributed by atoms with Crippen molar-refractivity contribution in [1.29, 1.82) is 0 Å². The first kappa shape index (κ1) is 12.8. The van der Waals surface area contributed by atoms with E-state index in [9.17, 15) is 0 Å². The van der Waals surface area contributed by atoms with Gasteiger partial charge in [-0.15, -0.1) is 0 Å². The van der Waals surface area contributed by atoms with Crippen molar-refractivity contribution in [2.45, 2.75) is 26.1 Å². The normalized spacial score (nSPS) is 13.6. The molecule has 4 heteroatoms. The van der Waals surface area contributed by atoms with Gasteiger partial charge in [-0.2, -0.15) is 0 Å². The molecule has 1 unspecified atom stereocenters. The van der Waals surface area contributed by atoms with Crippen molar-refractivity contribution in [2.75, 3.05) is 33.5 Å². The fraction of sp³-hybridized carbons (Fsp3) is 1.00. The maximum atomic E-state index is 5.46. The van der Waals surface area contributed by atoms with E-state index in [1.807, 2.05) is 13.8 Å². The molecule has 13 heavy (non-hydrogen) atoms. The lowest BCUT2D eigenvalue weighted by Crippen LogP contribution is -2.29. The number of methoxy groups -OCH3 is 1. The van der Waals surface area contributed by atoms with E-state index in [2.05, 4.69) is 0 Å². The molecule has 4 nitrogen and oxygen atoms in total. The van der Waals surface area contributed by atoms with Crippen molar-refractivity contribution in [3.05, 3.63) is 0 Å². The van der Waals surface area contributed by atoms with E-state index in [0.29, 0.717) is 26.4 Å². The monoisotopic (exact) mass is 191 g/mol. The first-order valence-corrected chi connectivity index (χ1v) is 4.63. The van der Waals surface area contributed by atoms with Crippen molar-refractivity contribution in [1.82, 2.24) is 0 Å². The summed E-state index contributed by atoms with van der Waals surface area (Å²) in [5, 5.41) is 0. The third-order valence-electron chi connectivity index (χ3n) is 1.50. The summed E-state index contributed by atoms with van der Waals surface area (Å²) in [6.07, 6.45) is 0.239. The second-order valence-corrected chi connectivity index (χ2v) is 3.10. The maximum absolute atomic E-state index is 5.46. The van der Waals surface area contributed by atoms with Gasteiger partial charge in [-0.05, 0) is 13.8 Å². The molecule has 0 spiro atoms. The van der Waals surface area contributed by atoms with Crippen LogP contribution in [0.15, 0.2) is 0 Å².